The highest BCUT2D eigenvalue weighted by Crippen LogP contribution is 2.41. The molecule has 1 aliphatic rings. The summed E-state index contributed by atoms with van der Waals surface area (Å²) in [7, 11) is 0. The van der Waals surface area contributed by atoms with Gasteiger partial charge in [-0.25, -0.2) is 0 Å². The SMILES string of the molecule is CC1N(Cc2ccccc2)C1(C)C. The normalized spacial score (nSPS) is 30.1. The highest BCUT2D eigenvalue weighted by Gasteiger charge is 2.51. The quantitative estimate of drug-likeness (QED) is 0.624. The minimum Gasteiger partial charge on any atom is -0.288 e. The van der Waals surface area contributed by atoms with Gasteiger partial charge in [-0.05, 0) is 26.3 Å². The molecular weight excluding hydrogens is 158 g/mol. The molecule has 0 bridgehead atoms. The standard InChI is InChI=1S/C12H17N/c1-10-12(2,3)13(10)9-11-7-5-4-6-8-11/h4-8,10H,9H2,1-3H3. The van der Waals surface area contributed by atoms with Gasteiger partial charge in [-0.15, -0.1) is 0 Å². The van der Waals surface area contributed by atoms with Crippen molar-refractivity contribution in [2.75, 3.05) is 0 Å². The van der Waals surface area contributed by atoms with Crippen LogP contribution in [0.2, 0.25) is 0 Å². The van der Waals surface area contributed by atoms with Crippen LogP contribution in [0.1, 0.15) is 26.3 Å². The zero-order valence-electron chi connectivity index (χ0n) is 8.62. The van der Waals surface area contributed by atoms with Gasteiger partial charge in [-0.2, -0.15) is 0 Å². The van der Waals surface area contributed by atoms with E-state index in [1.54, 1.807) is 0 Å². The lowest BCUT2D eigenvalue weighted by atomic mass is 10.1. The number of rotatable bonds is 2. The summed E-state index contributed by atoms with van der Waals surface area (Å²) in [6.07, 6.45) is 0. The first kappa shape index (κ1) is 8.76. The van der Waals surface area contributed by atoms with E-state index in [4.69, 9.17) is 0 Å². The maximum absolute atomic E-state index is 2.52. The van der Waals surface area contributed by atoms with Crippen molar-refractivity contribution in [3.63, 3.8) is 0 Å². The van der Waals surface area contributed by atoms with Gasteiger partial charge >= 0.3 is 0 Å². The largest absolute Gasteiger partial charge is 0.288 e. The molecule has 0 N–H and O–H groups in total. The van der Waals surface area contributed by atoms with E-state index in [0.717, 1.165) is 12.6 Å². The Morgan fingerprint density at radius 2 is 1.77 bits per heavy atom. The van der Waals surface area contributed by atoms with Gasteiger partial charge in [0.15, 0.2) is 0 Å². The third-order valence-electron chi connectivity index (χ3n) is 3.36. The highest BCUT2D eigenvalue weighted by molar-refractivity contribution is 5.19. The van der Waals surface area contributed by atoms with Gasteiger partial charge < -0.3 is 0 Å². The molecule has 1 heterocycles. The van der Waals surface area contributed by atoms with Crippen molar-refractivity contribution in [3.05, 3.63) is 35.9 Å². The molecular formula is C12H17N. The number of hydrogen-bond acceptors (Lipinski definition) is 1. The van der Waals surface area contributed by atoms with Crippen LogP contribution < -0.4 is 0 Å². The van der Waals surface area contributed by atoms with E-state index in [1.807, 2.05) is 0 Å². The van der Waals surface area contributed by atoms with Crippen molar-refractivity contribution in [3.8, 4) is 0 Å². The lowest BCUT2D eigenvalue weighted by Crippen LogP contribution is -2.08. The predicted molar refractivity (Wildman–Crippen MR) is 55.5 cm³/mol. The van der Waals surface area contributed by atoms with Gasteiger partial charge in [0, 0.05) is 18.1 Å². The first-order valence-electron chi connectivity index (χ1n) is 4.93. The van der Waals surface area contributed by atoms with Crippen molar-refractivity contribution >= 4 is 0 Å². The molecule has 2 rings (SSSR count). The van der Waals surface area contributed by atoms with Crippen molar-refractivity contribution in [1.29, 1.82) is 0 Å². The van der Waals surface area contributed by atoms with Crippen LogP contribution in [0, 0.1) is 0 Å². The molecule has 70 valence electrons. The molecule has 13 heavy (non-hydrogen) atoms. The Bertz CT molecular complexity index is 289. The zero-order chi connectivity index (χ0) is 9.47. The molecule has 1 heteroatoms. The van der Waals surface area contributed by atoms with Crippen LogP contribution in [0.4, 0.5) is 0 Å². The average Bonchev–Trinajstić information content (AvgIpc) is 2.57. The van der Waals surface area contributed by atoms with Crippen LogP contribution in [-0.2, 0) is 6.54 Å². The molecule has 1 aromatic rings. The summed E-state index contributed by atoms with van der Waals surface area (Å²) in [6, 6.07) is 11.4. The van der Waals surface area contributed by atoms with E-state index >= 15 is 0 Å². The summed E-state index contributed by atoms with van der Waals surface area (Å²) < 4.78 is 0. The van der Waals surface area contributed by atoms with Gasteiger partial charge in [-0.1, -0.05) is 30.3 Å². The van der Waals surface area contributed by atoms with Crippen molar-refractivity contribution in [2.24, 2.45) is 0 Å². The summed E-state index contributed by atoms with van der Waals surface area (Å²) in [5.74, 6) is 0. The van der Waals surface area contributed by atoms with Crippen LogP contribution in [0.15, 0.2) is 30.3 Å². The molecule has 2 unspecified atom stereocenters. The average molecular weight is 175 g/mol. The van der Waals surface area contributed by atoms with E-state index in [1.165, 1.54) is 5.56 Å². The van der Waals surface area contributed by atoms with Crippen molar-refractivity contribution in [1.82, 2.24) is 4.90 Å². The topological polar surface area (TPSA) is 3.01 Å². The molecule has 0 amide bonds. The third kappa shape index (κ3) is 1.49. The molecule has 1 aliphatic heterocycles. The van der Waals surface area contributed by atoms with E-state index in [0.29, 0.717) is 5.54 Å². The van der Waals surface area contributed by atoms with Gasteiger partial charge in [-0.3, -0.25) is 4.90 Å². The summed E-state index contributed by atoms with van der Waals surface area (Å²) >= 11 is 0. The molecule has 0 radical (unpaired) electrons. The first-order valence-corrected chi connectivity index (χ1v) is 4.93. The maximum atomic E-state index is 2.52. The number of benzene rings is 1. The monoisotopic (exact) mass is 175 g/mol. The Morgan fingerprint density at radius 3 is 2.23 bits per heavy atom. The molecule has 1 nitrogen and oxygen atoms in total. The third-order valence-corrected chi connectivity index (χ3v) is 3.36. The maximum Gasteiger partial charge on any atom is 0.0313 e. The second kappa shape index (κ2) is 2.85. The van der Waals surface area contributed by atoms with Gasteiger partial charge in [0.05, 0.1) is 0 Å². The summed E-state index contributed by atoms with van der Waals surface area (Å²) in [5, 5.41) is 0. The molecule has 1 fully saturated rings. The molecule has 1 aromatic carbocycles. The Hall–Kier alpha value is -0.820. The summed E-state index contributed by atoms with van der Waals surface area (Å²) in [6.45, 7) is 8.00. The van der Waals surface area contributed by atoms with Crippen LogP contribution in [0.25, 0.3) is 0 Å². The summed E-state index contributed by atoms with van der Waals surface area (Å²) in [5.41, 5.74) is 1.83. The highest BCUT2D eigenvalue weighted by atomic mass is 15.4. The van der Waals surface area contributed by atoms with Gasteiger partial charge in [0.1, 0.15) is 0 Å². The fraction of sp³-hybridized carbons (Fsp3) is 0.500. The van der Waals surface area contributed by atoms with E-state index in [-0.39, 0.29) is 0 Å². The Balaban J connectivity index is 2.02. The minimum atomic E-state index is 0.413. The lowest BCUT2D eigenvalue weighted by Gasteiger charge is -2.05. The molecule has 0 aromatic heterocycles. The zero-order valence-corrected chi connectivity index (χ0v) is 8.62. The lowest BCUT2D eigenvalue weighted by molar-refractivity contribution is 0.432. The second-order valence-electron chi connectivity index (χ2n) is 4.44. The van der Waals surface area contributed by atoms with Crippen LogP contribution in [-0.4, -0.2) is 16.5 Å². The predicted octanol–water partition coefficient (Wildman–Crippen LogP) is 2.67. The Labute approximate surface area is 80.4 Å². The van der Waals surface area contributed by atoms with Gasteiger partial charge in [0.2, 0.25) is 0 Å². The summed E-state index contributed by atoms with van der Waals surface area (Å²) in [4.78, 5) is 2.52. The Kier molecular flexibility index (Phi) is 1.92. The molecule has 1 saturated heterocycles. The minimum absolute atomic E-state index is 0.413. The van der Waals surface area contributed by atoms with E-state index in [9.17, 15) is 0 Å². The fourth-order valence-corrected chi connectivity index (χ4v) is 1.90. The fourth-order valence-electron chi connectivity index (χ4n) is 1.90. The molecule has 0 spiro atoms. The first-order chi connectivity index (χ1) is 6.12. The number of hydrogen-bond donors (Lipinski definition) is 0. The smallest absolute Gasteiger partial charge is 0.0313 e. The molecule has 0 saturated carbocycles. The van der Waals surface area contributed by atoms with E-state index in [2.05, 4.69) is 56.0 Å². The Morgan fingerprint density at radius 1 is 1.23 bits per heavy atom. The van der Waals surface area contributed by atoms with Crippen molar-refractivity contribution in [2.45, 2.75) is 38.9 Å². The van der Waals surface area contributed by atoms with E-state index < -0.39 is 0 Å². The second-order valence-corrected chi connectivity index (χ2v) is 4.44. The molecule has 2 atom stereocenters. The number of nitrogens with zero attached hydrogens (tertiary/aromatic N) is 1. The van der Waals surface area contributed by atoms with Crippen LogP contribution >= 0.6 is 0 Å². The van der Waals surface area contributed by atoms with Crippen molar-refractivity contribution < 1.29 is 0 Å². The van der Waals surface area contributed by atoms with Crippen LogP contribution in [0.3, 0.4) is 0 Å². The van der Waals surface area contributed by atoms with Gasteiger partial charge in [0.25, 0.3) is 0 Å². The molecule has 0 aliphatic carbocycles. The van der Waals surface area contributed by atoms with Crippen LogP contribution in [0.5, 0.6) is 0 Å².